The predicted molar refractivity (Wildman–Crippen MR) is 79.5 cm³/mol. The molecule has 1 aliphatic carbocycles. The van der Waals surface area contributed by atoms with Gasteiger partial charge in [-0.15, -0.1) is 0 Å². The minimum Gasteiger partial charge on any atom is -0.459 e. The van der Waals surface area contributed by atoms with Gasteiger partial charge in [0.15, 0.2) is 0 Å². The van der Waals surface area contributed by atoms with Crippen LogP contribution in [0.1, 0.15) is 43.5 Å². The number of carbonyl (C=O) groups is 1. The Labute approximate surface area is 128 Å². The van der Waals surface area contributed by atoms with Gasteiger partial charge in [-0.2, -0.15) is 0 Å². The number of carbonyl (C=O) groups excluding carboxylic acids is 1. The minimum atomic E-state index is -0.581. The van der Waals surface area contributed by atoms with Gasteiger partial charge in [0.2, 0.25) is 0 Å². The Morgan fingerprint density at radius 2 is 1.90 bits per heavy atom. The molecule has 0 amide bonds. The minimum absolute atomic E-state index is 0.0557. The van der Waals surface area contributed by atoms with Crippen LogP contribution in [0.2, 0.25) is 5.02 Å². The summed E-state index contributed by atoms with van der Waals surface area (Å²) < 4.78 is 5.51. The van der Waals surface area contributed by atoms with E-state index in [1.807, 2.05) is 0 Å². The van der Waals surface area contributed by atoms with Gasteiger partial charge >= 0.3 is 5.97 Å². The average molecular weight is 312 g/mol. The number of nitrogens with zero attached hydrogens (tertiary/aromatic N) is 1. The second kappa shape index (κ2) is 6.43. The molecule has 1 fully saturated rings. The van der Waals surface area contributed by atoms with Crippen molar-refractivity contribution in [2.45, 2.75) is 39.2 Å². The van der Waals surface area contributed by atoms with E-state index in [0.29, 0.717) is 11.8 Å². The van der Waals surface area contributed by atoms with Crippen LogP contribution in [-0.4, -0.2) is 17.0 Å². The molecule has 5 nitrogen and oxygen atoms in total. The van der Waals surface area contributed by atoms with E-state index in [2.05, 4.69) is 13.8 Å². The molecule has 0 aromatic heterocycles. The third kappa shape index (κ3) is 3.94. The van der Waals surface area contributed by atoms with E-state index in [1.54, 1.807) is 0 Å². The summed E-state index contributed by atoms with van der Waals surface area (Å²) >= 11 is 5.81. The molecule has 0 aliphatic heterocycles. The van der Waals surface area contributed by atoms with Crippen molar-refractivity contribution in [2.24, 2.45) is 11.8 Å². The third-order valence-electron chi connectivity index (χ3n) is 3.79. The molecule has 2 rings (SSSR count). The lowest BCUT2D eigenvalue weighted by molar-refractivity contribution is -0.384. The lowest BCUT2D eigenvalue weighted by Gasteiger charge is -2.31. The summed E-state index contributed by atoms with van der Waals surface area (Å²) in [5, 5.41) is 10.6. The molecule has 6 heteroatoms. The molecule has 0 N–H and O–H groups in total. The highest BCUT2D eigenvalue weighted by Gasteiger charge is 2.27. The molecular weight excluding hydrogens is 294 g/mol. The first kappa shape index (κ1) is 15.8. The van der Waals surface area contributed by atoms with E-state index in [1.165, 1.54) is 18.2 Å². The quantitative estimate of drug-likeness (QED) is 0.476. The fourth-order valence-corrected chi connectivity index (χ4v) is 3.22. The normalized spacial score (nSPS) is 25.4. The van der Waals surface area contributed by atoms with Crippen LogP contribution in [0.15, 0.2) is 18.2 Å². The van der Waals surface area contributed by atoms with Gasteiger partial charge in [-0.3, -0.25) is 10.1 Å². The van der Waals surface area contributed by atoms with Crippen molar-refractivity contribution in [2.75, 3.05) is 0 Å². The van der Waals surface area contributed by atoms with Crippen molar-refractivity contribution in [3.05, 3.63) is 38.9 Å². The molecule has 2 unspecified atom stereocenters. The Balaban J connectivity index is 2.06. The number of rotatable bonds is 3. The van der Waals surface area contributed by atoms with Crippen LogP contribution in [0.3, 0.4) is 0 Å². The predicted octanol–water partition coefficient (Wildman–Crippen LogP) is 4.23. The maximum atomic E-state index is 12.1. The number of esters is 1. The zero-order chi connectivity index (χ0) is 15.6. The fraction of sp³-hybridized carbons (Fsp3) is 0.533. The van der Waals surface area contributed by atoms with Crippen LogP contribution in [0.5, 0.6) is 0 Å². The van der Waals surface area contributed by atoms with Gasteiger partial charge in [0.25, 0.3) is 5.69 Å². The fourth-order valence-electron chi connectivity index (χ4n) is 2.97. The van der Waals surface area contributed by atoms with E-state index in [9.17, 15) is 14.9 Å². The summed E-state index contributed by atoms with van der Waals surface area (Å²) in [6.45, 7) is 4.30. The molecule has 21 heavy (non-hydrogen) atoms. The highest BCUT2D eigenvalue weighted by Crippen LogP contribution is 2.31. The number of ether oxygens (including phenoxy) is 1. The van der Waals surface area contributed by atoms with Gasteiger partial charge in [-0.25, -0.2) is 4.79 Å². The second-order valence-electron chi connectivity index (χ2n) is 5.87. The molecule has 114 valence electrons. The molecule has 0 radical (unpaired) electrons. The Morgan fingerprint density at radius 1 is 1.29 bits per heavy atom. The molecule has 1 saturated carbocycles. The van der Waals surface area contributed by atoms with Crippen molar-refractivity contribution in [3.8, 4) is 0 Å². The summed E-state index contributed by atoms with van der Waals surface area (Å²) in [5.41, 5.74) is 0.0320. The first-order chi connectivity index (χ1) is 9.86. The molecule has 0 heterocycles. The zero-order valence-corrected chi connectivity index (χ0v) is 12.8. The summed E-state index contributed by atoms with van der Waals surface area (Å²) in [7, 11) is 0. The van der Waals surface area contributed by atoms with E-state index in [-0.39, 0.29) is 22.4 Å². The molecule has 0 bridgehead atoms. The zero-order valence-electron chi connectivity index (χ0n) is 12.0. The van der Waals surface area contributed by atoms with Crippen molar-refractivity contribution < 1.29 is 14.5 Å². The number of nitro groups is 1. The van der Waals surface area contributed by atoms with Crippen molar-refractivity contribution in [3.63, 3.8) is 0 Å². The highest BCUT2D eigenvalue weighted by molar-refractivity contribution is 6.33. The van der Waals surface area contributed by atoms with Crippen LogP contribution in [0, 0.1) is 22.0 Å². The van der Waals surface area contributed by atoms with Gasteiger partial charge in [0.05, 0.1) is 10.5 Å². The van der Waals surface area contributed by atoms with Crippen molar-refractivity contribution in [1.82, 2.24) is 0 Å². The van der Waals surface area contributed by atoms with Crippen LogP contribution in [-0.2, 0) is 4.74 Å². The molecule has 1 aromatic rings. The van der Waals surface area contributed by atoms with E-state index < -0.39 is 10.9 Å². The maximum absolute atomic E-state index is 12.1. The lowest BCUT2D eigenvalue weighted by Crippen LogP contribution is -2.28. The summed E-state index contributed by atoms with van der Waals surface area (Å²) in [5.74, 6) is 0.595. The highest BCUT2D eigenvalue weighted by atomic mass is 35.5. The van der Waals surface area contributed by atoms with E-state index in [0.717, 1.165) is 19.3 Å². The Kier molecular flexibility index (Phi) is 4.83. The van der Waals surface area contributed by atoms with Gasteiger partial charge in [-0.1, -0.05) is 25.4 Å². The van der Waals surface area contributed by atoms with Crippen LogP contribution in [0.4, 0.5) is 5.69 Å². The third-order valence-corrected chi connectivity index (χ3v) is 4.09. The van der Waals surface area contributed by atoms with Gasteiger partial charge < -0.3 is 4.74 Å². The van der Waals surface area contributed by atoms with Gasteiger partial charge in [-0.05, 0) is 43.2 Å². The van der Waals surface area contributed by atoms with E-state index in [4.69, 9.17) is 16.3 Å². The lowest BCUT2D eigenvalue weighted by atomic mass is 9.82. The van der Waals surface area contributed by atoms with Crippen LogP contribution < -0.4 is 0 Å². The maximum Gasteiger partial charge on any atom is 0.338 e. The number of hydrogen-bond donors (Lipinski definition) is 0. The molecule has 0 saturated heterocycles. The topological polar surface area (TPSA) is 69.4 Å². The number of nitro benzene ring substituents is 1. The van der Waals surface area contributed by atoms with Gasteiger partial charge in [0.1, 0.15) is 11.1 Å². The smallest absolute Gasteiger partial charge is 0.338 e. The van der Waals surface area contributed by atoms with Gasteiger partial charge in [0, 0.05) is 6.07 Å². The average Bonchev–Trinajstić information content (AvgIpc) is 2.36. The number of hydrogen-bond acceptors (Lipinski definition) is 4. The molecule has 0 spiro atoms. The SMILES string of the molecule is CC1CC(C)CC(OC(=O)c2ccc([N+](=O)[O-])c(Cl)c2)C1. The van der Waals surface area contributed by atoms with Crippen LogP contribution >= 0.6 is 11.6 Å². The summed E-state index contributed by atoms with van der Waals surface area (Å²) in [6, 6.07) is 3.89. The molecule has 2 atom stereocenters. The Morgan fingerprint density at radius 3 is 2.43 bits per heavy atom. The molecular formula is C15H18ClNO4. The largest absolute Gasteiger partial charge is 0.459 e. The first-order valence-electron chi connectivity index (χ1n) is 7.01. The van der Waals surface area contributed by atoms with E-state index >= 15 is 0 Å². The number of halogens is 1. The Hall–Kier alpha value is -1.62. The first-order valence-corrected chi connectivity index (χ1v) is 7.39. The Bertz CT molecular complexity index is 551. The monoisotopic (exact) mass is 311 g/mol. The summed E-state index contributed by atoms with van der Waals surface area (Å²) in [6.07, 6.45) is 2.77. The number of benzene rings is 1. The standard InChI is InChI=1S/C15H18ClNO4/c1-9-5-10(2)7-12(6-9)21-15(18)11-3-4-14(17(19)20)13(16)8-11/h3-4,8-10,12H,5-7H2,1-2H3. The summed E-state index contributed by atoms with van der Waals surface area (Å²) in [4.78, 5) is 22.2. The van der Waals surface area contributed by atoms with Crippen LogP contribution in [0.25, 0.3) is 0 Å². The molecule has 1 aromatic carbocycles. The molecule has 1 aliphatic rings. The second-order valence-corrected chi connectivity index (χ2v) is 6.28. The van der Waals surface area contributed by atoms with Crippen molar-refractivity contribution in [1.29, 1.82) is 0 Å². The van der Waals surface area contributed by atoms with Crippen molar-refractivity contribution >= 4 is 23.3 Å².